The molecule has 0 radical (unpaired) electrons. The van der Waals surface area contributed by atoms with Crippen molar-refractivity contribution in [2.24, 2.45) is 0 Å². The SMILES string of the molecule is CC(=O)c1sc(-c2cccc(F)c2)nc1C(=O)O. The monoisotopic (exact) mass is 265 g/mol. The Balaban J connectivity index is 2.57. The van der Waals surface area contributed by atoms with Crippen molar-refractivity contribution in [3.8, 4) is 10.6 Å². The summed E-state index contributed by atoms with van der Waals surface area (Å²) in [6, 6.07) is 5.63. The molecule has 6 heteroatoms. The molecule has 0 aliphatic carbocycles. The summed E-state index contributed by atoms with van der Waals surface area (Å²) >= 11 is 0.950. The number of halogens is 1. The minimum absolute atomic E-state index is 0.0711. The van der Waals surface area contributed by atoms with Crippen LogP contribution in [0.3, 0.4) is 0 Å². The third kappa shape index (κ3) is 2.28. The lowest BCUT2D eigenvalue weighted by Gasteiger charge is -1.94. The van der Waals surface area contributed by atoms with E-state index in [9.17, 15) is 14.0 Å². The summed E-state index contributed by atoms with van der Waals surface area (Å²) in [5.41, 5.74) is 0.168. The number of aromatic nitrogens is 1. The predicted octanol–water partition coefficient (Wildman–Crippen LogP) is 2.85. The van der Waals surface area contributed by atoms with Crippen molar-refractivity contribution in [3.05, 3.63) is 40.7 Å². The van der Waals surface area contributed by atoms with Gasteiger partial charge in [0, 0.05) is 12.5 Å². The van der Waals surface area contributed by atoms with Crippen LogP contribution in [0.2, 0.25) is 0 Å². The Morgan fingerprint density at radius 2 is 2.11 bits per heavy atom. The maximum absolute atomic E-state index is 13.1. The molecular formula is C12H8FNO3S. The molecule has 1 aromatic heterocycles. The summed E-state index contributed by atoms with van der Waals surface area (Å²) < 4.78 is 13.1. The number of carbonyl (C=O) groups is 2. The molecule has 0 saturated carbocycles. The zero-order chi connectivity index (χ0) is 13.3. The normalized spacial score (nSPS) is 10.3. The van der Waals surface area contributed by atoms with Gasteiger partial charge in [-0.15, -0.1) is 11.3 Å². The first-order valence-electron chi connectivity index (χ1n) is 5.00. The van der Waals surface area contributed by atoms with Crippen LogP contribution in [0.1, 0.15) is 27.1 Å². The van der Waals surface area contributed by atoms with Crippen LogP contribution < -0.4 is 0 Å². The highest BCUT2D eigenvalue weighted by Crippen LogP contribution is 2.28. The molecule has 18 heavy (non-hydrogen) atoms. The molecule has 0 fully saturated rings. The highest BCUT2D eigenvalue weighted by Gasteiger charge is 2.21. The van der Waals surface area contributed by atoms with E-state index in [1.807, 2.05) is 0 Å². The average Bonchev–Trinajstić information content (AvgIpc) is 2.73. The number of Topliss-reactive ketones (excluding diaryl/α,β-unsaturated/α-hetero) is 1. The van der Waals surface area contributed by atoms with E-state index in [2.05, 4.69) is 4.98 Å². The number of rotatable bonds is 3. The average molecular weight is 265 g/mol. The Morgan fingerprint density at radius 3 is 2.61 bits per heavy atom. The Kier molecular flexibility index (Phi) is 3.20. The van der Waals surface area contributed by atoms with Crippen molar-refractivity contribution in [3.63, 3.8) is 0 Å². The second-order valence-corrected chi connectivity index (χ2v) is 4.57. The molecule has 0 spiro atoms. The number of carbonyl (C=O) groups excluding carboxylic acids is 1. The van der Waals surface area contributed by atoms with Gasteiger partial charge in [-0.1, -0.05) is 12.1 Å². The summed E-state index contributed by atoms with van der Waals surface area (Å²) in [7, 11) is 0. The number of benzene rings is 1. The fourth-order valence-corrected chi connectivity index (χ4v) is 2.40. The summed E-state index contributed by atoms with van der Waals surface area (Å²) in [4.78, 5) is 26.2. The van der Waals surface area contributed by atoms with Crippen LogP contribution in [-0.2, 0) is 0 Å². The van der Waals surface area contributed by atoms with Gasteiger partial charge in [0.25, 0.3) is 0 Å². The number of aromatic carboxylic acids is 1. The van der Waals surface area contributed by atoms with Gasteiger partial charge in [-0.25, -0.2) is 14.2 Å². The van der Waals surface area contributed by atoms with Crippen molar-refractivity contribution in [2.45, 2.75) is 6.92 Å². The van der Waals surface area contributed by atoms with Crippen LogP contribution in [0, 0.1) is 5.82 Å². The van der Waals surface area contributed by atoms with Gasteiger partial charge in [0.1, 0.15) is 15.7 Å². The molecule has 4 nitrogen and oxygen atoms in total. The number of hydrogen-bond acceptors (Lipinski definition) is 4. The molecule has 0 amide bonds. The van der Waals surface area contributed by atoms with E-state index in [1.165, 1.54) is 25.1 Å². The third-order valence-corrected chi connectivity index (χ3v) is 3.43. The van der Waals surface area contributed by atoms with Gasteiger partial charge in [0.15, 0.2) is 11.5 Å². The topological polar surface area (TPSA) is 67.3 Å². The Morgan fingerprint density at radius 1 is 1.39 bits per heavy atom. The van der Waals surface area contributed by atoms with Crippen molar-refractivity contribution in [2.75, 3.05) is 0 Å². The summed E-state index contributed by atoms with van der Waals surface area (Å²) in [6.45, 7) is 1.27. The van der Waals surface area contributed by atoms with Crippen LogP contribution in [0.5, 0.6) is 0 Å². The van der Waals surface area contributed by atoms with Gasteiger partial charge in [-0.05, 0) is 12.1 Å². The first-order valence-corrected chi connectivity index (χ1v) is 5.81. The fourth-order valence-electron chi connectivity index (χ4n) is 1.45. The van der Waals surface area contributed by atoms with Gasteiger partial charge in [0.2, 0.25) is 0 Å². The molecule has 2 aromatic rings. The number of thiazole rings is 1. The third-order valence-electron chi connectivity index (χ3n) is 2.22. The molecule has 1 aromatic carbocycles. The summed E-state index contributed by atoms with van der Waals surface area (Å²) in [5, 5.41) is 9.26. The first-order chi connectivity index (χ1) is 8.49. The van der Waals surface area contributed by atoms with Crippen molar-refractivity contribution in [1.82, 2.24) is 4.98 Å². The van der Waals surface area contributed by atoms with Crippen LogP contribution in [0.4, 0.5) is 4.39 Å². The second-order valence-electron chi connectivity index (χ2n) is 3.57. The van der Waals surface area contributed by atoms with E-state index >= 15 is 0 Å². The molecule has 92 valence electrons. The minimum Gasteiger partial charge on any atom is -0.476 e. The largest absolute Gasteiger partial charge is 0.476 e. The van der Waals surface area contributed by atoms with E-state index in [0.717, 1.165) is 11.3 Å². The Labute approximate surface area is 106 Å². The molecule has 0 bridgehead atoms. The van der Waals surface area contributed by atoms with Gasteiger partial charge in [0.05, 0.1) is 0 Å². The zero-order valence-corrected chi connectivity index (χ0v) is 10.1. The number of ketones is 1. The number of nitrogens with zero attached hydrogens (tertiary/aromatic N) is 1. The van der Waals surface area contributed by atoms with Gasteiger partial charge in [-0.3, -0.25) is 4.79 Å². The Bertz CT molecular complexity index is 605. The molecule has 0 saturated heterocycles. The molecule has 0 atom stereocenters. The molecule has 0 aliphatic heterocycles. The number of hydrogen-bond donors (Lipinski definition) is 1. The van der Waals surface area contributed by atoms with Crippen LogP contribution in [0.25, 0.3) is 10.6 Å². The zero-order valence-electron chi connectivity index (χ0n) is 9.31. The minimum atomic E-state index is -1.26. The van der Waals surface area contributed by atoms with Crippen molar-refractivity contribution >= 4 is 23.1 Å². The molecule has 0 unspecified atom stereocenters. The van der Waals surface area contributed by atoms with E-state index in [0.29, 0.717) is 10.6 Å². The Hall–Kier alpha value is -2.08. The van der Waals surface area contributed by atoms with Gasteiger partial charge < -0.3 is 5.11 Å². The molecular weight excluding hydrogens is 257 g/mol. The smallest absolute Gasteiger partial charge is 0.356 e. The van der Waals surface area contributed by atoms with Crippen LogP contribution >= 0.6 is 11.3 Å². The van der Waals surface area contributed by atoms with Crippen LogP contribution in [-0.4, -0.2) is 21.8 Å². The quantitative estimate of drug-likeness (QED) is 0.866. The van der Waals surface area contributed by atoms with E-state index in [-0.39, 0.29) is 16.4 Å². The molecule has 2 rings (SSSR count). The molecule has 0 aliphatic rings. The van der Waals surface area contributed by atoms with Crippen molar-refractivity contribution < 1.29 is 19.1 Å². The van der Waals surface area contributed by atoms with Crippen LogP contribution in [0.15, 0.2) is 24.3 Å². The van der Waals surface area contributed by atoms with Gasteiger partial charge >= 0.3 is 5.97 Å². The lowest BCUT2D eigenvalue weighted by Crippen LogP contribution is -2.03. The summed E-state index contributed by atoms with van der Waals surface area (Å²) in [6.07, 6.45) is 0. The van der Waals surface area contributed by atoms with Gasteiger partial charge in [-0.2, -0.15) is 0 Å². The second kappa shape index (κ2) is 4.66. The summed E-state index contributed by atoms with van der Waals surface area (Å²) in [5.74, 6) is -2.07. The molecule has 1 heterocycles. The van der Waals surface area contributed by atoms with Crippen molar-refractivity contribution in [1.29, 1.82) is 0 Å². The number of carboxylic acids is 1. The highest BCUT2D eigenvalue weighted by molar-refractivity contribution is 7.17. The first kappa shape index (κ1) is 12.4. The maximum Gasteiger partial charge on any atom is 0.356 e. The van der Waals surface area contributed by atoms with E-state index < -0.39 is 11.8 Å². The standard InChI is InChI=1S/C12H8FNO3S/c1-6(15)10-9(12(16)17)14-11(18-10)7-3-2-4-8(13)5-7/h2-5H,1H3,(H,16,17). The molecule has 1 N–H and O–H groups in total. The highest BCUT2D eigenvalue weighted by atomic mass is 32.1. The number of carboxylic acid groups (broad SMARTS) is 1. The predicted molar refractivity (Wildman–Crippen MR) is 64.5 cm³/mol. The maximum atomic E-state index is 13.1. The van der Waals surface area contributed by atoms with E-state index in [1.54, 1.807) is 6.07 Å². The fraction of sp³-hybridized carbons (Fsp3) is 0.0833. The lowest BCUT2D eigenvalue weighted by atomic mass is 10.2. The van der Waals surface area contributed by atoms with E-state index in [4.69, 9.17) is 5.11 Å². The lowest BCUT2D eigenvalue weighted by molar-refractivity contribution is 0.0687.